The molecule has 3 N–H and O–H groups in total. The molecular formula is C14H14N2O6S2. The van der Waals surface area contributed by atoms with Crippen molar-refractivity contribution < 1.29 is 26.7 Å². The smallest absolute Gasteiger partial charge is 0.335 e. The molecule has 0 aliphatic heterocycles. The Labute approximate surface area is 139 Å². The Kier molecular flexibility index (Phi) is 4.81. The van der Waals surface area contributed by atoms with E-state index in [0.29, 0.717) is 0 Å². The van der Waals surface area contributed by atoms with Gasteiger partial charge in [-0.05, 0) is 42.5 Å². The quantitative estimate of drug-likeness (QED) is 0.707. The predicted molar refractivity (Wildman–Crippen MR) is 89.1 cm³/mol. The fourth-order valence-electron chi connectivity index (χ4n) is 1.85. The van der Waals surface area contributed by atoms with Crippen LogP contribution in [0.2, 0.25) is 0 Å². The second-order valence-electron chi connectivity index (χ2n) is 4.89. The summed E-state index contributed by atoms with van der Waals surface area (Å²) in [4.78, 5) is 10.7. The van der Waals surface area contributed by atoms with Crippen LogP contribution in [0.1, 0.15) is 10.4 Å². The zero-order chi connectivity index (χ0) is 18.0. The third kappa shape index (κ3) is 4.70. The molecule has 24 heavy (non-hydrogen) atoms. The second kappa shape index (κ2) is 6.49. The molecule has 0 unspecified atom stereocenters. The molecule has 0 spiro atoms. The zero-order valence-corrected chi connectivity index (χ0v) is 14.1. The van der Waals surface area contributed by atoms with Crippen molar-refractivity contribution in [1.29, 1.82) is 0 Å². The first kappa shape index (κ1) is 17.8. The van der Waals surface area contributed by atoms with Gasteiger partial charge in [0.2, 0.25) is 10.0 Å². The fourth-order valence-corrected chi connectivity index (χ4v) is 3.46. The number of benzene rings is 2. The first-order valence-electron chi connectivity index (χ1n) is 6.51. The van der Waals surface area contributed by atoms with Gasteiger partial charge in [-0.1, -0.05) is 6.07 Å². The second-order valence-corrected chi connectivity index (χ2v) is 8.32. The maximum absolute atomic E-state index is 12.3. The Balaban J connectivity index is 2.26. The minimum Gasteiger partial charge on any atom is -0.478 e. The number of nitrogens with one attached hydrogen (secondary N) is 2. The van der Waals surface area contributed by atoms with Gasteiger partial charge in [0.1, 0.15) is 0 Å². The highest BCUT2D eigenvalue weighted by Crippen LogP contribution is 2.20. The highest BCUT2D eigenvalue weighted by atomic mass is 32.2. The molecule has 0 radical (unpaired) electrons. The fraction of sp³-hybridized carbons (Fsp3) is 0.0714. The minimum absolute atomic E-state index is 0.0340. The van der Waals surface area contributed by atoms with Crippen molar-refractivity contribution >= 4 is 37.4 Å². The molecule has 2 aromatic rings. The van der Waals surface area contributed by atoms with E-state index in [1.165, 1.54) is 48.5 Å². The molecule has 0 aliphatic rings. The van der Waals surface area contributed by atoms with E-state index in [2.05, 4.69) is 9.44 Å². The summed E-state index contributed by atoms with van der Waals surface area (Å²) < 4.78 is 51.5. The summed E-state index contributed by atoms with van der Waals surface area (Å²) in [6.07, 6.45) is 0.980. The van der Waals surface area contributed by atoms with Gasteiger partial charge < -0.3 is 5.11 Å². The summed E-state index contributed by atoms with van der Waals surface area (Å²) in [6.45, 7) is 0. The number of anilines is 2. The molecule has 0 saturated heterocycles. The minimum atomic E-state index is -3.94. The molecular weight excluding hydrogens is 356 g/mol. The molecule has 0 aromatic heterocycles. The number of rotatable bonds is 6. The summed E-state index contributed by atoms with van der Waals surface area (Å²) >= 11 is 0. The number of hydrogen-bond acceptors (Lipinski definition) is 5. The van der Waals surface area contributed by atoms with Gasteiger partial charge in [0.05, 0.1) is 28.1 Å². The van der Waals surface area contributed by atoms with E-state index >= 15 is 0 Å². The summed E-state index contributed by atoms with van der Waals surface area (Å²) in [7, 11) is -7.42. The number of carbonyl (C=O) groups is 1. The number of sulfonamides is 2. The van der Waals surface area contributed by atoms with Crippen LogP contribution in [0, 0.1) is 0 Å². The van der Waals surface area contributed by atoms with Crippen molar-refractivity contribution in [2.75, 3.05) is 15.7 Å². The van der Waals surface area contributed by atoms with Gasteiger partial charge in [0.25, 0.3) is 10.0 Å². The predicted octanol–water partition coefficient (Wildman–Crippen LogP) is 1.56. The SMILES string of the molecule is CS(=O)(=O)Nc1cccc(NS(=O)(=O)c2ccc(C(=O)O)cc2)c1. The van der Waals surface area contributed by atoms with Crippen molar-refractivity contribution in [3.05, 3.63) is 54.1 Å². The molecule has 2 rings (SSSR count). The molecule has 0 amide bonds. The first-order chi connectivity index (χ1) is 11.1. The van der Waals surface area contributed by atoms with Crippen LogP contribution < -0.4 is 9.44 Å². The van der Waals surface area contributed by atoms with Gasteiger partial charge in [-0.25, -0.2) is 21.6 Å². The Morgan fingerprint density at radius 2 is 1.46 bits per heavy atom. The molecule has 2 aromatic carbocycles. The lowest BCUT2D eigenvalue weighted by Crippen LogP contribution is -2.14. The van der Waals surface area contributed by atoms with E-state index in [4.69, 9.17) is 5.11 Å². The van der Waals surface area contributed by atoms with Gasteiger partial charge in [0.15, 0.2) is 0 Å². The van der Waals surface area contributed by atoms with E-state index in [-0.39, 0.29) is 21.8 Å². The van der Waals surface area contributed by atoms with E-state index in [0.717, 1.165) is 6.26 Å². The maximum Gasteiger partial charge on any atom is 0.335 e. The van der Waals surface area contributed by atoms with Gasteiger partial charge in [-0.2, -0.15) is 0 Å². The van der Waals surface area contributed by atoms with Crippen LogP contribution >= 0.6 is 0 Å². The summed E-state index contributed by atoms with van der Waals surface area (Å²) in [6, 6.07) is 10.4. The molecule has 0 bridgehead atoms. The molecule has 10 heteroatoms. The molecule has 0 heterocycles. The Morgan fingerprint density at radius 1 is 0.917 bits per heavy atom. The number of carboxylic acid groups (broad SMARTS) is 1. The lowest BCUT2D eigenvalue weighted by atomic mass is 10.2. The van der Waals surface area contributed by atoms with Crippen LogP contribution in [0.4, 0.5) is 11.4 Å². The van der Waals surface area contributed by atoms with Gasteiger partial charge in [-0.3, -0.25) is 9.44 Å². The van der Waals surface area contributed by atoms with Crippen LogP contribution in [0.25, 0.3) is 0 Å². The van der Waals surface area contributed by atoms with Crippen molar-refractivity contribution in [2.24, 2.45) is 0 Å². The molecule has 0 atom stereocenters. The summed E-state index contributed by atoms with van der Waals surface area (Å²) in [5, 5.41) is 8.82. The third-order valence-corrected chi connectivity index (χ3v) is 4.83. The van der Waals surface area contributed by atoms with E-state index < -0.39 is 26.0 Å². The molecule has 0 saturated carbocycles. The van der Waals surface area contributed by atoms with E-state index in [1.807, 2.05) is 0 Å². The summed E-state index contributed by atoms with van der Waals surface area (Å²) in [5.74, 6) is -1.16. The third-order valence-electron chi connectivity index (χ3n) is 2.83. The van der Waals surface area contributed by atoms with Crippen molar-refractivity contribution in [3.63, 3.8) is 0 Å². The normalized spacial score (nSPS) is 11.7. The lowest BCUT2D eigenvalue weighted by molar-refractivity contribution is 0.0696. The van der Waals surface area contributed by atoms with Crippen LogP contribution in [0.5, 0.6) is 0 Å². The Bertz CT molecular complexity index is 967. The van der Waals surface area contributed by atoms with Gasteiger partial charge in [-0.15, -0.1) is 0 Å². The monoisotopic (exact) mass is 370 g/mol. The molecule has 0 fully saturated rings. The van der Waals surface area contributed by atoms with Crippen LogP contribution in [-0.2, 0) is 20.0 Å². The largest absolute Gasteiger partial charge is 0.478 e. The van der Waals surface area contributed by atoms with Crippen molar-refractivity contribution in [3.8, 4) is 0 Å². The average Bonchev–Trinajstić information content (AvgIpc) is 2.45. The van der Waals surface area contributed by atoms with Gasteiger partial charge in [0, 0.05) is 0 Å². The number of carboxylic acids is 1. The van der Waals surface area contributed by atoms with Gasteiger partial charge >= 0.3 is 5.97 Å². The molecule has 8 nitrogen and oxygen atoms in total. The van der Waals surface area contributed by atoms with Crippen molar-refractivity contribution in [2.45, 2.75) is 4.90 Å². The maximum atomic E-state index is 12.3. The highest BCUT2D eigenvalue weighted by Gasteiger charge is 2.15. The van der Waals surface area contributed by atoms with E-state index in [1.54, 1.807) is 0 Å². The molecule has 128 valence electrons. The Hall–Kier alpha value is -2.59. The number of hydrogen-bond donors (Lipinski definition) is 3. The highest BCUT2D eigenvalue weighted by molar-refractivity contribution is 7.92. The average molecular weight is 370 g/mol. The van der Waals surface area contributed by atoms with Crippen LogP contribution in [0.15, 0.2) is 53.4 Å². The van der Waals surface area contributed by atoms with Crippen LogP contribution in [0.3, 0.4) is 0 Å². The number of aromatic carboxylic acids is 1. The Morgan fingerprint density at radius 3 is 1.96 bits per heavy atom. The standard InChI is InChI=1S/C14H14N2O6S2/c1-23(19,20)15-11-3-2-4-12(9-11)16-24(21,22)13-7-5-10(6-8-13)14(17)18/h2-9,15-16H,1H3,(H,17,18). The van der Waals surface area contributed by atoms with Crippen molar-refractivity contribution in [1.82, 2.24) is 0 Å². The molecule has 0 aliphatic carbocycles. The topological polar surface area (TPSA) is 130 Å². The first-order valence-corrected chi connectivity index (χ1v) is 9.88. The zero-order valence-electron chi connectivity index (χ0n) is 12.4. The van der Waals surface area contributed by atoms with Crippen LogP contribution in [-0.4, -0.2) is 34.2 Å². The summed E-state index contributed by atoms with van der Waals surface area (Å²) in [5.41, 5.74) is 0.332. The lowest BCUT2D eigenvalue weighted by Gasteiger charge is -2.10. The van der Waals surface area contributed by atoms with E-state index in [9.17, 15) is 21.6 Å².